The lowest BCUT2D eigenvalue weighted by molar-refractivity contribution is 0.102. The number of nitrogens with one attached hydrogen (secondary N) is 1. The number of hydrogen-bond donors (Lipinski definition) is 1. The quantitative estimate of drug-likeness (QED) is 0.579. The van der Waals surface area contributed by atoms with Crippen LogP contribution < -0.4 is 14.8 Å². The molecule has 7 heteroatoms. The van der Waals surface area contributed by atoms with Gasteiger partial charge in [-0.2, -0.15) is 0 Å². The summed E-state index contributed by atoms with van der Waals surface area (Å²) in [4.78, 5) is 12.6. The van der Waals surface area contributed by atoms with Crippen LogP contribution in [0.5, 0.6) is 11.5 Å². The van der Waals surface area contributed by atoms with Crippen molar-refractivity contribution in [2.75, 3.05) is 19.0 Å². The van der Waals surface area contributed by atoms with Crippen LogP contribution in [0.1, 0.15) is 35.7 Å². The van der Waals surface area contributed by atoms with Gasteiger partial charge in [0.15, 0.2) is 5.69 Å². The number of unbranched alkanes of at least 4 members (excludes halogenated alkanes) is 1. The third kappa shape index (κ3) is 4.49. The standard InChI is InChI=1S/C21H23N3O4/c1-4-5-12-27-16-8-6-15(7-9-16)21(25)22-20-19(23-28-24-20)18-11-10-17(26-3)13-14(18)2/h6-11,13H,4-5,12H2,1-3H3,(H,22,24,25). The molecule has 0 bridgehead atoms. The van der Waals surface area contributed by atoms with E-state index >= 15 is 0 Å². The van der Waals surface area contributed by atoms with Gasteiger partial charge in [0.05, 0.1) is 13.7 Å². The highest BCUT2D eigenvalue weighted by molar-refractivity contribution is 6.05. The number of anilines is 1. The van der Waals surface area contributed by atoms with Gasteiger partial charge < -0.3 is 14.8 Å². The number of hydrogen-bond acceptors (Lipinski definition) is 6. The largest absolute Gasteiger partial charge is 0.497 e. The summed E-state index contributed by atoms with van der Waals surface area (Å²) in [6.07, 6.45) is 2.07. The lowest BCUT2D eigenvalue weighted by atomic mass is 10.1. The summed E-state index contributed by atoms with van der Waals surface area (Å²) >= 11 is 0. The molecule has 0 spiro atoms. The Labute approximate surface area is 163 Å². The minimum Gasteiger partial charge on any atom is -0.497 e. The summed E-state index contributed by atoms with van der Waals surface area (Å²) in [5.41, 5.74) is 2.69. The van der Waals surface area contributed by atoms with Crippen LogP contribution >= 0.6 is 0 Å². The van der Waals surface area contributed by atoms with E-state index in [4.69, 9.17) is 14.1 Å². The summed E-state index contributed by atoms with van der Waals surface area (Å²) in [5.74, 6) is 1.44. The van der Waals surface area contributed by atoms with E-state index < -0.39 is 0 Å². The highest BCUT2D eigenvalue weighted by atomic mass is 16.6. The van der Waals surface area contributed by atoms with Crippen LogP contribution in [0.3, 0.4) is 0 Å². The minimum absolute atomic E-state index is 0.265. The molecule has 1 aromatic heterocycles. The molecule has 0 fully saturated rings. The fraction of sp³-hybridized carbons (Fsp3) is 0.286. The number of aromatic nitrogens is 2. The Morgan fingerprint density at radius 1 is 1.11 bits per heavy atom. The molecule has 0 aliphatic carbocycles. The van der Waals surface area contributed by atoms with Crippen LogP contribution in [-0.2, 0) is 0 Å². The number of rotatable bonds is 8. The molecule has 1 heterocycles. The van der Waals surface area contributed by atoms with Crippen LogP contribution in [0.4, 0.5) is 5.82 Å². The first-order valence-electron chi connectivity index (χ1n) is 9.14. The van der Waals surface area contributed by atoms with Crippen LogP contribution in [0.25, 0.3) is 11.3 Å². The van der Waals surface area contributed by atoms with Gasteiger partial charge in [0.25, 0.3) is 5.91 Å². The van der Waals surface area contributed by atoms with E-state index in [1.165, 1.54) is 0 Å². The molecule has 0 saturated carbocycles. The molecule has 7 nitrogen and oxygen atoms in total. The average molecular weight is 381 g/mol. The van der Waals surface area contributed by atoms with Gasteiger partial charge in [0, 0.05) is 11.1 Å². The number of ether oxygens (including phenoxy) is 2. The molecule has 1 amide bonds. The average Bonchev–Trinajstić information content (AvgIpc) is 3.16. The molecular formula is C21H23N3O4. The van der Waals surface area contributed by atoms with E-state index in [0.29, 0.717) is 17.9 Å². The van der Waals surface area contributed by atoms with Crippen molar-refractivity contribution in [3.05, 3.63) is 53.6 Å². The molecule has 0 aliphatic heterocycles. The van der Waals surface area contributed by atoms with Crippen molar-refractivity contribution in [1.29, 1.82) is 0 Å². The van der Waals surface area contributed by atoms with Crippen LogP contribution in [0, 0.1) is 6.92 Å². The van der Waals surface area contributed by atoms with Crippen molar-refractivity contribution >= 4 is 11.7 Å². The number of methoxy groups -OCH3 is 1. The van der Waals surface area contributed by atoms with Crippen LogP contribution in [0.2, 0.25) is 0 Å². The van der Waals surface area contributed by atoms with E-state index in [-0.39, 0.29) is 11.7 Å². The molecule has 1 N–H and O–H groups in total. The first-order chi connectivity index (χ1) is 13.6. The number of carbonyl (C=O) groups is 1. The fourth-order valence-electron chi connectivity index (χ4n) is 2.69. The van der Waals surface area contributed by atoms with E-state index in [2.05, 4.69) is 22.6 Å². The monoisotopic (exact) mass is 381 g/mol. The minimum atomic E-state index is -0.303. The van der Waals surface area contributed by atoms with Crippen molar-refractivity contribution < 1.29 is 18.9 Å². The molecular weight excluding hydrogens is 358 g/mol. The van der Waals surface area contributed by atoms with Gasteiger partial charge in [0.1, 0.15) is 11.5 Å². The predicted molar refractivity (Wildman–Crippen MR) is 106 cm³/mol. The van der Waals surface area contributed by atoms with Gasteiger partial charge in [-0.1, -0.05) is 13.3 Å². The zero-order valence-electron chi connectivity index (χ0n) is 16.2. The second-order valence-corrected chi connectivity index (χ2v) is 6.32. The second-order valence-electron chi connectivity index (χ2n) is 6.32. The van der Waals surface area contributed by atoms with Gasteiger partial charge in [-0.25, -0.2) is 4.63 Å². The molecule has 3 rings (SSSR count). The topological polar surface area (TPSA) is 86.5 Å². The Bertz CT molecular complexity index is 935. The van der Waals surface area contributed by atoms with Crippen molar-refractivity contribution in [1.82, 2.24) is 10.3 Å². The molecule has 0 unspecified atom stereocenters. The zero-order valence-corrected chi connectivity index (χ0v) is 16.2. The normalized spacial score (nSPS) is 10.5. The van der Waals surface area contributed by atoms with Gasteiger partial charge in [-0.05, 0) is 71.7 Å². The van der Waals surface area contributed by atoms with Gasteiger partial charge in [-0.15, -0.1) is 0 Å². The maximum Gasteiger partial charge on any atom is 0.256 e. The number of carbonyl (C=O) groups excluding carboxylic acids is 1. The zero-order chi connectivity index (χ0) is 19.9. The summed E-state index contributed by atoms with van der Waals surface area (Å²) in [7, 11) is 1.61. The number of amides is 1. The predicted octanol–water partition coefficient (Wildman–Crippen LogP) is 4.48. The maximum absolute atomic E-state index is 12.6. The Morgan fingerprint density at radius 3 is 2.54 bits per heavy atom. The third-order valence-electron chi connectivity index (χ3n) is 4.29. The Morgan fingerprint density at radius 2 is 1.86 bits per heavy atom. The highest BCUT2D eigenvalue weighted by Gasteiger charge is 2.18. The van der Waals surface area contributed by atoms with E-state index in [1.54, 1.807) is 31.4 Å². The Kier molecular flexibility index (Phi) is 6.26. The van der Waals surface area contributed by atoms with Crippen molar-refractivity contribution in [2.45, 2.75) is 26.7 Å². The third-order valence-corrected chi connectivity index (χ3v) is 4.29. The molecule has 146 valence electrons. The fourth-order valence-corrected chi connectivity index (χ4v) is 2.69. The molecule has 0 saturated heterocycles. The highest BCUT2D eigenvalue weighted by Crippen LogP contribution is 2.30. The molecule has 0 atom stereocenters. The summed E-state index contributed by atoms with van der Waals surface area (Å²) in [6, 6.07) is 12.5. The second kappa shape index (κ2) is 9.03. The number of aryl methyl sites for hydroxylation is 1. The molecule has 2 aromatic carbocycles. The van der Waals surface area contributed by atoms with Gasteiger partial charge in [-0.3, -0.25) is 4.79 Å². The van der Waals surface area contributed by atoms with E-state index in [9.17, 15) is 4.79 Å². The van der Waals surface area contributed by atoms with Crippen molar-refractivity contribution in [3.63, 3.8) is 0 Å². The lowest BCUT2D eigenvalue weighted by Gasteiger charge is -2.08. The van der Waals surface area contributed by atoms with Crippen LogP contribution in [0.15, 0.2) is 47.1 Å². The maximum atomic E-state index is 12.6. The Hall–Kier alpha value is -3.35. The molecule has 3 aromatic rings. The summed E-state index contributed by atoms with van der Waals surface area (Å²) in [5, 5.41) is 10.5. The first kappa shape index (κ1) is 19.4. The summed E-state index contributed by atoms with van der Waals surface area (Å²) < 4.78 is 15.7. The molecule has 0 radical (unpaired) electrons. The number of benzene rings is 2. The smallest absolute Gasteiger partial charge is 0.256 e. The van der Waals surface area contributed by atoms with E-state index in [0.717, 1.165) is 35.5 Å². The van der Waals surface area contributed by atoms with Gasteiger partial charge in [0.2, 0.25) is 5.82 Å². The van der Waals surface area contributed by atoms with Crippen LogP contribution in [-0.4, -0.2) is 29.9 Å². The number of nitrogens with zero attached hydrogens (tertiary/aromatic N) is 2. The summed E-state index contributed by atoms with van der Waals surface area (Å²) in [6.45, 7) is 4.70. The molecule has 28 heavy (non-hydrogen) atoms. The first-order valence-corrected chi connectivity index (χ1v) is 9.14. The lowest BCUT2D eigenvalue weighted by Crippen LogP contribution is -2.13. The Balaban J connectivity index is 1.73. The van der Waals surface area contributed by atoms with Crippen molar-refractivity contribution in [2.24, 2.45) is 0 Å². The van der Waals surface area contributed by atoms with Gasteiger partial charge >= 0.3 is 0 Å². The molecule has 0 aliphatic rings. The SMILES string of the molecule is CCCCOc1ccc(C(=O)Nc2nonc2-c2ccc(OC)cc2C)cc1. The van der Waals surface area contributed by atoms with Crippen molar-refractivity contribution in [3.8, 4) is 22.8 Å². The van der Waals surface area contributed by atoms with E-state index in [1.807, 2.05) is 25.1 Å².